The number of rotatable bonds is 4. The Labute approximate surface area is 169 Å². The maximum Gasteiger partial charge on any atom is 0.251 e. The number of halogens is 2. The zero-order valence-corrected chi connectivity index (χ0v) is 17.5. The number of fused-ring (bicyclic) bond motifs is 1. The van der Waals surface area contributed by atoms with E-state index in [0.29, 0.717) is 36.2 Å². The summed E-state index contributed by atoms with van der Waals surface area (Å²) in [7, 11) is -3.36. The second kappa shape index (κ2) is 7.37. The molecule has 1 heterocycles. The van der Waals surface area contributed by atoms with E-state index < -0.39 is 21.4 Å². The predicted molar refractivity (Wildman–Crippen MR) is 109 cm³/mol. The molecular weight excluding hydrogens is 403 g/mol. The number of anilines is 1. The van der Waals surface area contributed by atoms with Crippen molar-refractivity contribution < 1.29 is 17.6 Å². The standard InChI is InChI=1S/C20H22ClFN2O3S/c1-20(2,16-8-7-15(22)12-17(16)21)23-19(25)14-6-9-18-13(11-14)5-4-10-24(18)28(3,26)27/h6-9,11-12H,4-5,10H2,1-3H3,(H,23,25). The lowest BCUT2D eigenvalue weighted by Gasteiger charge is -2.30. The van der Waals surface area contributed by atoms with Crippen molar-refractivity contribution in [3.8, 4) is 0 Å². The highest BCUT2D eigenvalue weighted by Crippen LogP contribution is 2.31. The number of amides is 1. The first-order valence-corrected chi connectivity index (χ1v) is 11.1. The zero-order valence-electron chi connectivity index (χ0n) is 15.9. The molecule has 1 aliphatic heterocycles. The molecule has 0 radical (unpaired) electrons. The molecule has 1 amide bonds. The smallest absolute Gasteiger partial charge is 0.251 e. The van der Waals surface area contributed by atoms with Crippen LogP contribution in [0.4, 0.5) is 10.1 Å². The van der Waals surface area contributed by atoms with Crippen molar-refractivity contribution in [3.05, 3.63) is 63.9 Å². The molecule has 0 spiro atoms. The van der Waals surface area contributed by atoms with Crippen molar-refractivity contribution in [2.24, 2.45) is 0 Å². The van der Waals surface area contributed by atoms with Gasteiger partial charge >= 0.3 is 0 Å². The zero-order chi connectivity index (χ0) is 20.7. The van der Waals surface area contributed by atoms with Crippen molar-refractivity contribution in [2.45, 2.75) is 32.2 Å². The van der Waals surface area contributed by atoms with E-state index in [1.54, 1.807) is 38.1 Å². The molecule has 0 fully saturated rings. The van der Waals surface area contributed by atoms with Gasteiger partial charge in [0.15, 0.2) is 0 Å². The average molecular weight is 425 g/mol. The quantitative estimate of drug-likeness (QED) is 0.810. The van der Waals surface area contributed by atoms with E-state index in [-0.39, 0.29) is 10.9 Å². The minimum absolute atomic E-state index is 0.236. The minimum atomic E-state index is -3.36. The van der Waals surface area contributed by atoms with Gasteiger partial charge in [0.1, 0.15) is 5.82 Å². The molecule has 3 rings (SSSR count). The van der Waals surface area contributed by atoms with E-state index in [1.165, 1.54) is 22.7 Å². The van der Waals surface area contributed by atoms with Crippen molar-refractivity contribution in [1.82, 2.24) is 5.32 Å². The molecule has 0 aromatic heterocycles. The van der Waals surface area contributed by atoms with Crippen molar-refractivity contribution in [1.29, 1.82) is 0 Å². The molecule has 0 saturated carbocycles. The van der Waals surface area contributed by atoms with Gasteiger partial charge in [-0.25, -0.2) is 12.8 Å². The fourth-order valence-corrected chi connectivity index (χ4v) is 4.87. The maximum absolute atomic E-state index is 13.3. The molecule has 0 saturated heterocycles. The van der Waals surface area contributed by atoms with Gasteiger partial charge in [0, 0.05) is 17.1 Å². The lowest BCUT2D eigenvalue weighted by Crippen LogP contribution is -2.41. The van der Waals surface area contributed by atoms with Gasteiger partial charge in [-0.3, -0.25) is 9.10 Å². The molecule has 0 bridgehead atoms. The summed E-state index contributed by atoms with van der Waals surface area (Å²) >= 11 is 6.14. The third-order valence-electron chi connectivity index (χ3n) is 4.85. The Morgan fingerprint density at radius 1 is 1.21 bits per heavy atom. The number of nitrogens with zero attached hydrogens (tertiary/aromatic N) is 1. The normalized spacial score (nSPS) is 14.5. The molecule has 2 aromatic carbocycles. The Kier molecular flexibility index (Phi) is 5.42. The van der Waals surface area contributed by atoms with E-state index in [2.05, 4.69) is 5.32 Å². The predicted octanol–water partition coefficient (Wildman–Crippen LogP) is 3.86. The van der Waals surface area contributed by atoms with Gasteiger partial charge in [0.05, 0.1) is 17.5 Å². The monoisotopic (exact) mass is 424 g/mol. The van der Waals surface area contributed by atoms with Gasteiger partial charge < -0.3 is 5.32 Å². The Morgan fingerprint density at radius 3 is 2.57 bits per heavy atom. The van der Waals surface area contributed by atoms with Crippen LogP contribution in [0.2, 0.25) is 5.02 Å². The van der Waals surface area contributed by atoms with Gasteiger partial charge in [0.25, 0.3) is 5.91 Å². The van der Waals surface area contributed by atoms with E-state index in [1.807, 2.05) is 0 Å². The Bertz CT molecular complexity index is 1040. The number of benzene rings is 2. The van der Waals surface area contributed by atoms with Crippen molar-refractivity contribution in [3.63, 3.8) is 0 Å². The van der Waals surface area contributed by atoms with Gasteiger partial charge in [-0.05, 0) is 68.1 Å². The van der Waals surface area contributed by atoms with Crippen LogP contribution in [0, 0.1) is 5.82 Å². The number of carbonyl (C=O) groups excluding carboxylic acids is 1. The molecule has 28 heavy (non-hydrogen) atoms. The van der Waals surface area contributed by atoms with Crippen LogP contribution in [-0.4, -0.2) is 27.1 Å². The number of carbonyl (C=O) groups is 1. The summed E-state index contributed by atoms with van der Waals surface area (Å²) in [5.74, 6) is -0.759. The first-order valence-electron chi connectivity index (χ1n) is 8.88. The second-order valence-electron chi connectivity index (χ2n) is 7.49. The number of sulfonamides is 1. The highest BCUT2D eigenvalue weighted by atomic mass is 35.5. The molecule has 0 unspecified atom stereocenters. The molecule has 1 N–H and O–H groups in total. The van der Waals surface area contributed by atoms with Crippen LogP contribution >= 0.6 is 11.6 Å². The first kappa shape index (κ1) is 20.6. The summed E-state index contributed by atoms with van der Waals surface area (Å²) in [4.78, 5) is 12.8. The first-order chi connectivity index (χ1) is 13.0. The van der Waals surface area contributed by atoms with Gasteiger partial charge in [-0.2, -0.15) is 0 Å². The van der Waals surface area contributed by atoms with E-state index in [4.69, 9.17) is 11.6 Å². The Morgan fingerprint density at radius 2 is 1.93 bits per heavy atom. The molecule has 150 valence electrons. The van der Waals surface area contributed by atoms with Crippen LogP contribution in [0.1, 0.15) is 41.8 Å². The molecule has 1 aliphatic rings. The van der Waals surface area contributed by atoms with Gasteiger partial charge in [0.2, 0.25) is 10.0 Å². The lowest BCUT2D eigenvalue weighted by atomic mass is 9.93. The van der Waals surface area contributed by atoms with E-state index in [0.717, 1.165) is 5.56 Å². The second-order valence-corrected chi connectivity index (χ2v) is 9.80. The van der Waals surface area contributed by atoms with Crippen LogP contribution in [0.3, 0.4) is 0 Å². The lowest BCUT2D eigenvalue weighted by molar-refractivity contribution is 0.0912. The molecule has 5 nitrogen and oxygen atoms in total. The van der Waals surface area contributed by atoms with Crippen LogP contribution in [0.15, 0.2) is 36.4 Å². The maximum atomic E-state index is 13.3. The van der Waals surface area contributed by atoms with Crippen LogP contribution in [-0.2, 0) is 22.0 Å². The highest BCUT2D eigenvalue weighted by molar-refractivity contribution is 7.92. The highest BCUT2D eigenvalue weighted by Gasteiger charge is 2.28. The Hall–Kier alpha value is -2.12. The van der Waals surface area contributed by atoms with Crippen molar-refractivity contribution in [2.75, 3.05) is 17.1 Å². The van der Waals surface area contributed by atoms with E-state index >= 15 is 0 Å². The number of aryl methyl sites for hydroxylation is 1. The SMILES string of the molecule is CC(C)(NC(=O)c1ccc2c(c1)CCCN2S(C)(=O)=O)c1ccc(F)cc1Cl. The summed E-state index contributed by atoms with van der Waals surface area (Å²) in [6, 6.07) is 9.07. The van der Waals surface area contributed by atoms with Gasteiger partial charge in [-0.15, -0.1) is 0 Å². The topological polar surface area (TPSA) is 66.5 Å². The minimum Gasteiger partial charge on any atom is -0.343 e. The number of hydrogen-bond donors (Lipinski definition) is 1. The summed E-state index contributed by atoms with van der Waals surface area (Å²) in [6.45, 7) is 4.01. The molecule has 2 aromatic rings. The molecule has 0 aliphatic carbocycles. The molecule has 0 atom stereocenters. The fraction of sp³-hybridized carbons (Fsp3) is 0.350. The third-order valence-corrected chi connectivity index (χ3v) is 6.34. The van der Waals surface area contributed by atoms with E-state index in [9.17, 15) is 17.6 Å². The Balaban J connectivity index is 1.87. The van der Waals surface area contributed by atoms with Crippen molar-refractivity contribution >= 4 is 33.2 Å². The summed E-state index contributed by atoms with van der Waals surface area (Å²) in [6.07, 6.45) is 2.58. The fourth-order valence-electron chi connectivity index (χ4n) is 3.47. The number of hydrogen-bond acceptors (Lipinski definition) is 3. The number of nitrogens with one attached hydrogen (secondary N) is 1. The van der Waals surface area contributed by atoms with Crippen LogP contribution in [0.25, 0.3) is 0 Å². The van der Waals surface area contributed by atoms with Crippen LogP contribution in [0.5, 0.6) is 0 Å². The average Bonchev–Trinajstić information content (AvgIpc) is 2.59. The summed E-state index contributed by atoms with van der Waals surface area (Å²) in [5, 5.41) is 3.16. The molecule has 8 heteroatoms. The summed E-state index contributed by atoms with van der Waals surface area (Å²) < 4.78 is 38.6. The summed E-state index contributed by atoms with van der Waals surface area (Å²) in [5.41, 5.74) is 1.65. The van der Waals surface area contributed by atoms with Crippen LogP contribution < -0.4 is 9.62 Å². The molecular formula is C20H22ClFN2O3S. The third kappa shape index (κ3) is 4.15. The van der Waals surface area contributed by atoms with Gasteiger partial charge in [-0.1, -0.05) is 17.7 Å². The largest absolute Gasteiger partial charge is 0.343 e.